The zero-order valence-corrected chi connectivity index (χ0v) is 9.11. The highest BCUT2D eigenvalue weighted by Crippen LogP contribution is 2.15. The van der Waals surface area contributed by atoms with Crippen LogP contribution in [0.25, 0.3) is 0 Å². The van der Waals surface area contributed by atoms with Crippen LogP contribution in [-0.2, 0) is 6.54 Å². The maximum Gasteiger partial charge on any atom is 0.355 e. The number of carboxylic acid groups (broad SMARTS) is 1. The summed E-state index contributed by atoms with van der Waals surface area (Å²) in [5, 5.41) is 17.2. The predicted molar refractivity (Wildman–Crippen MR) is 55.4 cm³/mol. The smallest absolute Gasteiger partial charge is 0.355 e. The van der Waals surface area contributed by atoms with Gasteiger partial charge in [0.15, 0.2) is 16.6 Å². The number of carbonyl (C=O) groups is 1. The Labute approximate surface area is 94.1 Å². The number of aryl methyl sites for hydroxylation is 1. The Morgan fingerprint density at radius 3 is 3.00 bits per heavy atom. The van der Waals surface area contributed by atoms with Crippen molar-refractivity contribution >= 4 is 22.4 Å². The fourth-order valence-corrected chi connectivity index (χ4v) is 1.70. The van der Waals surface area contributed by atoms with Gasteiger partial charge in [0.25, 0.3) is 0 Å². The number of anilines is 1. The first kappa shape index (κ1) is 10.6. The Hall–Kier alpha value is -1.96. The Morgan fingerprint density at radius 1 is 1.62 bits per heavy atom. The molecular formula is C8H8N4O3S. The molecule has 0 aliphatic heterocycles. The Morgan fingerprint density at radius 2 is 2.44 bits per heavy atom. The molecule has 2 aromatic heterocycles. The van der Waals surface area contributed by atoms with Crippen molar-refractivity contribution in [3.8, 4) is 0 Å². The molecule has 16 heavy (non-hydrogen) atoms. The third-order valence-electron chi connectivity index (χ3n) is 1.69. The van der Waals surface area contributed by atoms with Crippen LogP contribution in [0.1, 0.15) is 22.2 Å². The van der Waals surface area contributed by atoms with E-state index in [-0.39, 0.29) is 5.69 Å². The molecule has 0 aromatic carbocycles. The van der Waals surface area contributed by atoms with E-state index >= 15 is 0 Å². The molecule has 2 heterocycles. The summed E-state index contributed by atoms with van der Waals surface area (Å²) in [6.45, 7) is 2.05. The molecule has 0 saturated heterocycles. The third kappa shape index (κ3) is 2.34. The summed E-state index contributed by atoms with van der Waals surface area (Å²) < 4.78 is 4.78. The molecule has 0 bridgehead atoms. The lowest BCUT2D eigenvalue weighted by Crippen LogP contribution is -2.02. The van der Waals surface area contributed by atoms with Gasteiger partial charge >= 0.3 is 5.97 Å². The first-order chi connectivity index (χ1) is 7.65. The highest BCUT2D eigenvalue weighted by atomic mass is 32.1. The van der Waals surface area contributed by atoms with E-state index in [0.717, 1.165) is 0 Å². The maximum absolute atomic E-state index is 10.6. The van der Waals surface area contributed by atoms with Gasteiger partial charge in [0.05, 0.1) is 6.54 Å². The molecule has 0 aliphatic rings. The van der Waals surface area contributed by atoms with Crippen LogP contribution in [0.4, 0.5) is 5.13 Å². The number of hydrogen-bond acceptors (Lipinski definition) is 7. The number of nitrogens with zero attached hydrogens (tertiary/aromatic N) is 3. The molecule has 2 rings (SSSR count). The van der Waals surface area contributed by atoms with Crippen molar-refractivity contribution in [3.63, 3.8) is 0 Å². The maximum atomic E-state index is 10.6. The second-order valence-corrected chi connectivity index (χ2v) is 3.78. The lowest BCUT2D eigenvalue weighted by Gasteiger charge is -1.95. The van der Waals surface area contributed by atoms with Crippen LogP contribution in [0.15, 0.2) is 9.90 Å². The summed E-state index contributed by atoms with van der Waals surface area (Å²) in [7, 11) is 0. The van der Waals surface area contributed by atoms with E-state index in [1.165, 1.54) is 16.7 Å². The summed E-state index contributed by atoms with van der Waals surface area (Å²) in [5.74, 6) is -0.0496. The second-order valence-electron chi connectivity index (χ2n) is 2.93. The van der Waals surface area contributed by atoms with Crippen LogP contribution in [0.5, 0.6) is 0 Å². The highest BCUT2D eigenvalue weighted by Gasteiger charge is 2.09. The van der Waals surface area contributed by atoms with Crippen molar-refractivity contribution in [1.82, 2.24) is 15.1 Å². The minimum Gasteiger partial charge on any atom is -0.476 e. The first-order valence-corrected chi connectivity index (χ1v) is 5.25. The molecule has 8 heteroatoms. The number of aromatic carboxylic acids is 1. The quantitative estimate of drug-likeness (QED) is 0.826. The SMILES string of the molecule is Cc1nc(CNc2nc(C(=O)O)cs2)no1. The minimum absolute atomic E-state index is 0.0248. The molecule has 2 N–H and O–H groups in total. The molecule has 0 spiro atoms. The molecule has 0 unspecified atom stereocenters. The van der Waals surface area contributed by atoms with Gasteiger partial charge in [0.1, 0.15) is 0 Å². The lowest BCUT2D eigenvalue weighted by molar-refractivity contribution is 0.0691. The van der Waals surface area contributed by atoms with Crippen molar-refractivity contribution in [3.05, 3.63) is 22.8 Å². The molecule has 0 saturated carbocycles. The van der Waals surface area contributed by atoms with Crippen LogP contribution in [0.3, 0.4) is 0 Å². The van der Waals surface area contributed by atoms with Gasteiger partial charge in [0.2, 0.25) is 5.89 Å². The number of rotatable bonds is 4. The molecule has 0 atom stereocenters. The first-order valence-electron chi connectivity index (χ1n) is 4.37. The normalized spacial score (nSPS) is 10.3. The van der Waals surface area contributed by atoms with Crippen molar-refractivity contribution in [1.29, 1.82) is 0 Å². The van der Waals surface area contributed by atoms with Crippen LogP contribution in [0, 0.1) is 6.92 Å². The Bertz CT molecular complexity index is 507. The van der Waals surface area contributed by atoms with Gasteiger partial charge in [-0.25, -0.2) is 9.78 Å². The molecular weight excluding hydrogens is 232 g/mol. The van der Waals surface area contributed by atoms with Gasteiger partial charge in [-0.05, 0) is 0 Å². The van der Waals surface area contributed by atoms with Crippen LogP contribution >= 0.6 is 11.3 Å². The topological polar surface area (TPSA) is 101 Å². The fourth-order valence-electron chi connectivity index (χ4n) is 1.02. The Balaban J connectivity index is 1.97. The number of nitrogens with one attached hydrogen (secondary N) is 1. The van der Waals surface area contributed by atoms with E-state index in [0.29, 0.717) is 23.4 Å². The average molecular weight is 240 g/mol. The monoisotopic (exact) mass is 240 g/mol. The molecule has 2 aromatic rings. The van der Waals surface area contributed by atoms with Crippen molar-refractivity contribution in [2.75, 3.05) is 5.32 Å². The molecule has 0 aliphatic carbocycles. The molecule has 0 radical (unpaired) electrons. The van der Waals surface area contributed by atoms with E-state index in [4.69, 9.17) is 9.63 Å². The minimum atomic E-state index is -1.04. The molecule has 0 amide bonds. The number of carboxylic acids is 1. The summed E-state index contributed by atoms with van der Waals surface area (Å²) in [5.41, 5.74) is 0.0248. The van der Waals surface area contributed by atoms with Gasteiger partial charge in [0, 0.05) is 12.3 Å². The average Bonchev–Trinajstić information content (AvgIpc) is 2.83. The van der Waals surface area contributed by atoms with Gasteiger partial charge in [-0.1, -0.05) is 5.16 Å². The van der Waals surface area contributed by atoms with E-state index in [2.05, 4.69) is 20.4 Å². The predicted octanol–water partition coefficient (Wildman–Crippen LogP) is 1.14. The summed E-state index contributed by atoms with van der Waals surface area (Å²) in [6.07, 6.45) is 0. The zero-order chi connectivity index (χ0) is 11.5. The van der Waals surface area contributed by atoms with Gasteiger partial charge in [-0.15, -0.1) is 11.3 Å². The van der Waals surface area contributed by atoms with Crippen LogP contribution in [0.2, 0.25) is 0 Å². The fraction of sp³-hybridized carbons (Fsp3) is 0.250. The lowest BCUT2D eigenvalue weighted by atomic mass is 10.5. The van der Waals surface area contributed by atoms with Crippen LogP contribution in [-0.4, -0.2) is 26.2 Å². The van der Waals surface area contributed by atoms with Crippen molar-refractivity contribution < 1.29 is 14.4 Å². The van der Waals surface area contributed by atoms with E-state index < -0.39 is 5.97 Å². The van der Waals surface area contributed by atoms with Gasteiger partial charge < -0.3 is 14.9 Å². The number of hydrogen-bond donors (Lipinski definition) is 2. The van der Waals surface area contributed by atoms with Gasteiger partial charge in [-0.3, -0.25) is 0 Å². The third-order valence-corrected chi connectivity index (χ3v) is 2.49. The molecule has 7 nitrogen and oxygen atoms in total. The van der Waals surface area contributed by atoms with E-state index in [1.54, 1.807) is 6.92 Å². The number of thiazole rings is 1. The summed E-state index contributed by atoms with van der Waals surface area (Å²) in [6, 6.07) is 0. The summed E-state index contributed by atoms with van der Waals surface area (Å²) in [4.78, 5) is 18.4. The van der Waals surface area contributed by atoms with E-state index in [9.17, 15) is 4.79 Å². The highest BCUT2D eigenvalue weighted by molar-refractivity contribution is 7.13. The van der Waals surface area contributed by atoms with Crippen molar-refractivity contribution in [2.45, 2.75) is 13.5 Å². The van der Waals surface area contributed by atoms with Crippen molar-refractivity contribution in [2.24, 2.45) is 0 Å². The standard InChI is InChI=1S/C8H8N4O3S/c1-4-10-6(12-15-4)2-9-8-11-5(3-16-8)7(13)14/h3H,2H2,1H3,(H,9,11)(H,13,14). The Kier molecular flexibility index (Phi) is 2.82. The molecule has 84 valence electrons. The molecule has 0 fully saturated rings. The summed E-state index contributed by atoms with van der Waals surface area (Å²) >= 11 is 1.21. The second kappa shape index (κ2) is 4.27. The number of aromatic nitrogens is 3. The largest absolute Gasteiger partial charge is 0.476 e. The van der Waals surface area contributed by atoms with Gasteiger partial charge in [-0.2, -0.15) is 4.98 Å². The zero-order valence-electron chi connectivity index (χ0n) is 8.30. The van der Waals surface area contributed by atoms with E-state index in [1.807, 2.05) is 0 Å². The van der Waals surface area contributed by atoms with Crippen LogP contribution < -0.4 is 5.32 Å².